The average Bonchev–Trinajstić information content (AvgIpc) is 4.00. The van der Waals surface area contributed by atoms with Gasteiger partial charge in [0.25, 0.3) is 11.1 Å². The van der Waals surface area contributed by atoms with Gasteiger partial charge in [0.05, 0.1) is 110 Å². The minimum absolute atomic E-state index is 0.109. The first kappa shape index (κ1) is 58.0. The summed E-state index contributed by atoms with van der Waals surface area (Å²) in [7, 11) is 5.90. The summed E-state index contributed by atoms with van der Waals surface area (Å²) in [5.41, 5.74) is 7.49. The van der Waals surface area contributed by atoms with Crippen molar-refractivity contribution in [2.45, 2.75) is 63.9 Å². The van der Waals surface area contributed by atoms with Crippen molar-refractivity contribution in [2.75, 3.05) is 65.5 Å². The monoisotopic (exact) mass is 1130 g/mol. The zero-order chi connectivity index (χ0) is 55.0. The van der Waals surface area contributed by atoms with Gasteiger partial charge in [-0.15, -0.1) is 0 Å². The molecule has 1 amide bonds. The molecule has 2 saturated heterocycles. The Morgan fingerprint density at radius 3 is 1.37 bits per heavy atom. The second kappa shape index (κ2) is 25.5. The van der Waals surface area contributed by atoms with E-state index < -0.39 is 5.24 Å². The van der Waals surface area contributed by atoms with Crippen molar-refractivity contribution in [3.05, 3.63) is 103 Å². The molecule has 25 heteroatoms. The van der Waals surface area contributed by atoms with Gasteiger partial charge < -0.3 is 50.1 Å². The maximum absolute atomic E-state index is 13.8. The van der Waals surface area contributed by atoms with Gasteiger partial charge in [0.1, 0.15) is 34.3 Å². The van der Waals surface area contributed by atoms with Crippen LogP contribution in [0, 0.1) is 0 Å². The van der Waals surface area contributed by atoms with Gasteiger partial charge in [0.2, 0.25) is 23.0 Å². The number of anilines is 2. The lowest BCUT2D eigenvalue weighted by molar-refractivity contribution is -0.117. The van der Waals surface area contributed by atoms with Gasteiger partial charge in [-0.25, -0.2) is 9.97 Å². The van der Waals surface area contributed by atoms with E-state index in [2.05, 4.69) is 49.0 Å². The summed E-state index contributed by atoms with van der Waals surface area (Å²) in [6.07, 6.45) is 5.50. The van der Waals surface area contributed by atoms with Crippen LogP contribution in [0.3, 0.4) is 0 Å². The highest BCUT2D eigenvalue weighted by atomic mass is 35.5. The molecule has 0 saturated carbocycles. The molecule has 75 heavy (non-hydrogen) atoms. The Morgan fingerprint density at radius 2 is 1.03 bits per heavy atom. The lowest BCUT2D eigenvalue weighted by Gasteiger charge is -2.21. The summed E-state index contributed by atoms with van der Waals surface area (Å²) in [6, 6.07) is 5.20. The topological polar surface area (TPSA) is 247 Å². The number of pyridine rings is 2. The standard InChI is InChI=1S/C25H27Cl2N5O5.C22H25Cl2N5O4.C3H3ClO/c1-6-19(33)29-15-10-37-11-16(15)30-25-28-9-13-7-14(24(34)32(12(2)3)23(13)31-25)20-21(26)17(35-4)8-18(36-5)22(20)27;1-10(2)29-20-11(7-26-22(28-20)27-14-9-33-8-13(14)25)5-12(21(29)30)17-18(23)15(31-3)6-16(32-4)19(17)24;1-2-3(4)5/h6-9,12,15-16H,1,10-11H2,2-5H3,(H,29,33)(H,28,30,31);5-7,10,13-14H,8-9,25H2,1-4H3,(H,26,27,28);2H,1H2/t15-,16+;13-,14+;/m00./s1. The second-order valence-electron chi connectivity index (χ2n) is 17.2. The van der Waals surface area contributed by atoms with Crippen LogP contribution in [0.4, 0.5) is 11.9 Å². The molecule has 0 spiro atoms. The summed E-state index contributed by atoms with van der Waals surface area (Å²) in [6.45, 7) is 15.7. The molecular weight excluding hydrogens is 1080 g/mol. The van der Waals surface area contributed by atoms with Crippen LogP contribution in [0.5, 0.6) is 23.0 Å². The first-order chi connectivity index (χ1) is 35.7. The molecule has 6 heterocycles. The smallest absolute Gasteiger partial charge is 0.260 e. The quantitative estimate of drug-likeness (QED) is 0.0558. The van der Waals surface area contributed by atoms with Crippen LogP contribution in [-0.2, 0) is 19.1 Å². The van der Waals surface area contributed by atoms with Crippen molar-refractivity contribution in [1.82, 2.24) is 34.4 Å². The Kier molecular flexibility index (Phi) is 19.8. The number of benzene rings is 2. The maximum Gasteiger partial charge on any atom is 0.260 e. The Labute approximate surface area is 456 Å². The fourth-order valence-electron chi connectivity index (χ4n) is 8.07. The van der Waals surface area contributed by atoms with Crippen molar-refractivity contribution in [3.63, 3.8) is 0 Å². The fourth-order valence-corrected chi connectivity index (χ4v) is 9.48. The number of rotatable bonds is 15. The summed E-state index contributed by atoms with van der Waals surface area (Å²) in [4.78, 5) is 66.8. The molecule has 0 radical (unpaired) electrons. The van der Waals surface area contributed by atoms with E-state index in [0.717, 1.165) is 6.08 Å². The molecule has 0 unspecified atom stereocenters. The molecule has 20 nitrogen and oxygen atoms in total. The molecule has 5 N–H and O–H groups in total. The van der Waals surface area contributed by atoms with E-state index in [9.17, 15) is 19.2 Å². The van der Waals surface area contributed by atoms with Gasteiger partial charge in [-0.2, -0.15) is 9.97 Å². The minimum Gasteiger partial charge on any atom is -0.495 e. The number of carbonyl (C=O) groups excluding carboxylic acids is 2. The van der Waals surface area contributed by atoms with Crippen LogP contribution in [0.15, 0.2) is 71.6 Å². The van der Waals surface area contributed by atoms with E-state index in [0.29, 0.717) is 100 Å². The van der Waals surface area contributed by atoms with Gasteiger partial charge in [0.15, 0.2) is 0 Å². The van der Waals surface area contributed by atoms with Crippen LogP contribution in [0.2, 0.25) is 20.1 Å². The van der Waals surface area contributed by atoms with E-state index in [1.807, 2.05) is 27.7 Å². The number of methoxy groups -OCH3 is 4. The molecule has 0 bridgehead atoms. The van der Waals surface area contributed by atoms with Crippen LogP contribution >= 0.6 is 58.0 Å². The third-order valence-electron chi connectivity index (χ3n) is 11.8. The van der Waals surface area contributed by atoms with Crippen molar-refractivity contribution >= 4 is 103 Å². The lowest BCUT2D eigenvalue weighted by atomic mass is 10.0. The third-order valence-corrected chi connectivity index (χ3v) is 13.4. The van der Waals surface area contributed by atoms with E-state index >= 15 is 0 Å². The number of nitrogens with one attached hydrogen (secondary N) is 3. The largest absolute Gasteiger partial charge is 0.495 e. The molecule has 6 aromatic rings. The predicted molar refractivity (Wildman–Crippen MR) is 293 cm³/mol. The number of amides is 1. The highest BCUT2D eigenvalue weighted by Gasteiger charge is 2.31. The second-order valence-corrected chi connectivity index (χ2v) is 19.1. The molecule has 2 aliphatic rings. The number of halogens is 5. The van der Waals surface area contributed by atoms with Crippen molar-refractivity contribution in [1.29, 1.82) is 0 Å². The lowest BCUT2D eigenvalue weighted by Crippen LogP contribution is -2.45. The van der Waals surface area contributed by atoms with Crippen LogP contribution < -0.4 is 51.8 Å². The molecule has 4 atom stereocenters. The predicted octanol–water partition coefficient (Wildman–Crippen LogP) is 8.28. The van der Waals surface area contributed by atoms with Crippen molar-refractivity contribution in [3.8, 4) is 45.3 Å². The average molecular weight is 1130 g/mol. The Balaban J connectivity index is 0.000000225. The van der Waals surface area contributed by atoms with Crippen LogP contribution in [0.25, 0.3) is 44.3 Å². The SMILES string of the molecule is C=CC(=O)Cl.C=CC(=O)N[C@H]1COC[C@H]1Nc1ncc2cc(-c3c(Cl)c(OC)cc(OC)c3Cl)c(=O)n(C(C)C)c2n1.COc1cc(OC)c(Cl)c(-c2cc3cnc(N[C@@H]4COC[C@@H]4N)nc3n(C(C)C)c2=O)c1Cl. The molecule has 8 rings (SSSR count). The zero-order valence-electron chi connectivity index (χ0n) is 42.1. The van der Waals surface area contributed by atoms with Gasteiger partial charge in [-0.05, 0) is 63.6 Å². The molecule has 4 aromatic heterocycles. The first-order valence-corrected chi connectivity index (χ1v) is 24.9. The number of aromatic nitrogens is 6. The van der Waals surface area contributed by atoms with E-state index in [1.165, 1.54) is 34.5 Å². The number of allylic oxidation sites excluding steroid dienone is 1. The summed E-state index contributed by atoms with van der Waals surface area (Å²) < 4.78 is 35.5. The highest BCUT2D eigenvalue weighted by molar-refractivity contribution is 6.66. The molecule has 2 aliphatic heterocycles. The summed E-state index contributed by atoms with van der Waals surface area (Å²) >= 11 is 31.1. The van der Waals surface area contributed by atoms with E-state index in [4.69, 9.17) is 92.2 Å². The number of carbonyl (C=O) groups is 2. The Hall–Kier alpha value is -6.23. The minimum atomic E-state index is -0.509. The number of hydrogen-bond donors (Lipinski definition) is 4. The molecule has 2 aromatic carbocycles. The Bertz CT molecular complexity index is 3210. The number of nitrogens with two attached hydrogens (primary N) is 1. The van der Waals surface area contributed by atoms with Gasteiger partial charge in [0, 0.05) is 58.5 Å². The maximum atomic E-state index is 13.8. The normalized spacial score (nSPS) is 16.9. The van der Waals surface area contributed by atoms with Gasteiger partial charge in [-0.3, -0.25) is 28.3 Å². The number of fused-ring (bicyclic) bond motifs is 2. The number of ether oxygens (including phenoxy) is 6. The van der Waals surface area contributed by atoms with Crippen LogP contribution in [-0.4, -0.2) is 119 Å². The van der Waals surface area contributed by atoms with E-state index in [-0.39, 0.29) is 78.9 Å². The summed E-state index contributed by atoms with van der Waals surface area (Å²) in [5, 5.41) is 10.8. The number of nitrogens with zero attached hydrogens (tertiary/aromatic N) is 6. The highest BCUT2D eigenvalue weighted by Crippen LogP contribution is 2.47. The molecular formula is C50H55Cl5N10O10. The van der Waals surface area contributed by atoms with Crippen molar-refractivity contribution in [2.24, 2.45) is 5.73 Å². The van der Waals surface area contributed by atoms with Crippen LogP contribution in [0.1, 0.15) is 39.8 Å². The first-order valence-electron chi connectivity index (χ1n) is 23.0. The zero-order valence-corrected chi connectivity index (χ0v) is 45.8. The van der Waals surface area contributed by atoms with E-state index in [1.54, 1.807) is 45.8 Å². The molecule has 400 valence electrons. The molecule has 0 aliphatic carbocycles. The molecule has 2 fully saturated rings. The summed E-state index contributed by atoms with van der Waals surface area (Å²) in [5.74, 6) is 1.69. The fraction of sp³-hybridized carbons (Fsp3) is 0.360. The van der Waals surface area contributed by atoms with Gasteiger partial charge >= 0.3 is 0 Å². The van der Waals surface area contributed by atoms with Gasteiger partial charge in [-0.1, -0.05) is 59.6 Å². The van der Waals surface area contributed by atoms with Crippen molar-refractivity contribution < 1.29 is 38.0 Å². The Morgan fingerprint density at radius 1 is 0.653 bits per heavy atom. The third kappa shape index (κ3) is 12.7. The number of hydrogen-bond acceptors (Lipinski definition) is 17.